The number of guanidine groups is 1. The average Bonchev–Trinajstić information content (AvgIpc) is 2.70. The lowest BCUT2D eigenvalue weighted by Gasteiger charge is -2.25. The van der Waals surface area contributed by atoms with Crippen molar-refractivity contribution in [3.8, 4) is 0 Å². The van der Waals surface area contributed by atoms with Gasteiger partial charge in [-0.3, -0.25) is 0 Å². The van der Waals surface area contributed by atoms with Crippen LogP contribution in [0.2, 0.25) is 0 Å². The maximum Gasteiger partial charge on any atom is 0.216 e. The number of nitrogens with one attached hydrogen (secondary N) is 3. The van der Waals surface area contributed by atoms with Gasteiger partial charge in [-0.2, -0.15) is 0 Å². The van der Waals surface area contributed by atoms with E-state index in [9.17, 15) is 13.5 Å². The minimum Gasteiger partial charge on any atom is -0.384 e. The molecule has 0 aromatic heterocycles. The van der Waals surface area contributed by atoms with Gasteiger partial charge in [0.2, 0.25) is 10.0 Å². The van der Waals surface area contributed by atoms with E-state index >= 15 is 0 Å². The molecule has 0 radical (unpaired) electrons. The standard InChI is InChI=1S/C23H34N4O3S/c1-5-24-22(26-17-23(4,28)21-9-7-6-8-10-21)25-15-19-11-13-20(14-12-19)16-31(29,30)27-18(2)3/h6-14,18,27-28H,5,15-17H2,1-4H3,(H2,24,25,26). The molecule has 7 nitrogen and oxygen atoms in total. The molecule has 0 aliphatic carbocycles. The molecule has 0 saturated heterocycles. The molecule has 0 saturated carbocycles. The highest BCUT2D eigenvalue weighted by molar-refractivity contribution is 7.88. The van der Waals surface area contributed by atoms with Gasteiger partial charge < -0.3 is 15.7 Å². The fourth-order valence-electron chi connectivity index (χ4n) is 3.03. The number of nitrogens with zero attached hydrogens (tertiary/aromatic N) is 1. The third-order valence-corrected chi connectivity index (χ3v) is 6.10. The van der Waals surface area contributed by atoms with Crippen LogP contribution >= 0.6 is 0 Å². The second-order valence-electron chi connectivity index (χ2n) is 8.04. The first kappa shape index (κ1) is 24.8. The van der Waals surface area contributed by atoms with Crippen molar-refractivity contribution in [1.29, 1.82) is 0 Å². The van der Waals surface area contributed by atoms with Gasteiger partial charge in [0.15, 0.2) is 5.96 Å². The van der Waals surface area contributed by atoms with Gasteiger partial charge in [-0.25, -0.2) is 18.1 Å². The van der Waals surface area contributed by atoms with Gasteiger partial charge in [-0.15, -0.1) is 0 Å². The smallest absolute Gasteiger partial charge is 0.216 e. The Balaban J connectivity index is 1.98. The average molecular weight is 447 g/mol. The van der Waals surface area contributed by atoms with E-state index in [0.29, 0.717) is 25.6 Å². The lowest BCUT2D eigenvalue weighted by atomic mass is 9.96. The van der Waals surface area contributed by atoms with E-state index < -0.39 is 15.6 Å². The Morgan fingerprint density at radius 2 is 1.65 bits per heavy atom. The summed E-state index contributed by atoms with van der Waals surface area (Å²) in [5.74, 6) is 0.555. The lowest BCUT2D eigenvalue weighted by molar-refractivity contribution is 0.0617. The lowest BCUT2D eigenvalue weighted by Crippen LogP contribution is -2.44. The second-order valence-corrected chi connectivity index (χ2v) is 9.79. The molecular weight excluding hydrogens is 412 g/mol. The number of benzene rings is 2. The molecule has 2 rings (SSSR count). The van der Waals surface area contributed by atoms with Gasteiger partial charge in [0, 0.05) is 12.6 Å². The number of hydrogen-bond acceptors (Lipinski definition) is 4. The molecule has 170 valence electrons. The first-order chi connectivity index (χ1) is 14.6. The molecule has 0 aliphatic rings. The molecule has 0 amide bonds. The number of sulfonamides is 1. The Kier molecular flexibility index (Phi) is 9.03. The van der Waals surface area contributed by atoms with Crippen LogP contribution in [-0.4, -0.2) is 38.6 Å². The molecule has 31 heavy (non-hydrogen) atoms. The van der Waals surface area contributed by atoms with Crippen molar-refractivity contribution >= 4 is 16.0 Å². The summed E-state index contributed by atoms with van der Waals surface area (Å²) >= 11 is 0. The molecule has 0 bridgehead atoms. The van der Waals surface area contributed by atoms with Crippen molar-refractivity contribution in [2.45, 2.75) is 51.6 Å². The Hall–Kier alpha value is -2.42. The van der Waals surface area contributed by atoms with E-state index in [4.69, 9.17) is 0 Å². The van der Waals surface area contributed by atoms with Crippen LogP contribution in [0, 0.1) is 0 Å². The summed E-state index contributed by atoms with van der Waals surface area (Å²) in [4.78, 5) is 4.58. The normalized spacial score (nSPS) is 14.3. The molecule has 4 N–H and O–H groups in total. The largest absolute Gasteiger partial charge is 0.384 e. The summed E-state index contributed by atoms with van der Waals surface area (Å²) in [6.07, 6.45) is 0. The molecule has 0 aliphatic heterocycles. The van der Waals surface area contributed by atoms with Gasteiger partial charge in [-0.1, -0.05) is 54.6 Å². The van der Waals surface area contributed by atoms with E-state index in [1.165, 1.54) is 0 Å². The highest BCUT2D eigenvalue weighted by Gasteiger charge is 2.23. The van der Waals surface area contributed by atoms with Crippen LogP contribution in [-0.2, 0) is 27.9 Å². The highest BCUT2D eigenvalue weighted by Crippen LogP contribution is 2.18. The Labute approximate surface area is 186 Å². The molecular formula is C23H34N4O3S. The van der Waals surface area contributed by atoms with Crippen molar-refractivity contribution in [3.05, 3.63) is 71.3 Å². The van der Waals surface area contributed by atoms with E-state index in [2.05, 4.69) is 20.3 Å². The molecule has 1 atom stereocenters. The fourth-order valence-corrected chi connectivity index (χ4v) is 4.46. The SMILES string of the molecule is CCNC(=NCc1ccc(CS(=O)(=O)NC(C)C)cc1)NCC(C)(O)c1ccccc1. The summed E-state index contributed by atoms with van der Waals surface area (Å²) in [7, 11) is -3.35. The van der Waals surface area contributed by atoms with Crippen molar-refractivity contribution in [2.24, 2.45) is 4.99 Å². The van der Waals surface area contributed by atoms with E-state index in [-0.39, 0.29) is 11.8 Å². The second kappa shape index (κ2) is 11.3. The summed E-state index contributed by atoms with van der Waals surface area (Å²) in [5, 5.41) is 17.1. The van der Waals surface area contributed by atoms with E-state index in [1.54, 1.807) is 20.8 Å². The number of aliphatic hydroxyl groups is 1. The minimum atomic E-state index is -3.35. The van der Waals surface area contributed by atoms with Gasteiger partial charge >= 0.3 is 0 Å². The quantitative estimate of drug-likeness (QED) is 0.332. The third-order valence-electron chi connectivity index (χ3n) is 4.55. The zero-order chi connectivity index (χ0) is 22.9. The molecule has 8 heteroatoms. The van der Waals surface area contributed by atoms with Crippen molar-refractivity contribution < 1.29 is 13.5 Å². The Morgan fingerprint density at radius 3 is 2.23 bits per heavy atom. The van der Waals surface area contributed by atoms with Crippen LogP contribution in [0.25, 0.3) is 0 Å². The number of hydrogen-bond donors (Lipinski definition) is 4. The predicted molar refractivity (Wildman–Crippen MR) is 126 cm³/mol. The van der Waals surface area contributed by atoms with Crippen molar-refractivity contribution in [3.63, 3.8) is 0 Å². The maximum atomic E-state index is 12.1. The number of aliphatic imine (C=N–C) groups is 1. The topological polar surface area (TPSA) is 103 Å². The minimum absolute atomic E-state index is 0.0481. The zero-order valence-corrected chi connectivity index (χ0v) is 19.5. The maximum absolute atomic E-state index is 12.1. The predicted octanol–water partition coefficient (Wildman–Crippen LogP) is 2.48. The summed E-state index contributed by atoms with van der Waals surface area (Å²) < 4.78 is 26.7. The van der Waals surface area contributed by atoms with Gasteiger partial charge in [0.25, 0.3) is 0 Å². The van der Waals surface area contributed by atoms with Gasteiger partial charge in [-0.05, 0) is 44.4 Å². The van der Waals surface area contributed by atoms with E-state index in [0.717, 1.165) is 16.7 Å². The van der Waals surface area contributed by atoms with Crippen LogP contribution in [0.4, 0.5) is 0 Å². The van der Waals surface area contributed by atoms with Crippen LogP contribution in [0.15, 0.2) is 59.6 Å². The van der Waals surface area contributed by atoms with Crippen molar-refractivity contribution in [2.75, 3.05) is 13.1 Å². The number of rotatable bonds is 10. The Morgan fingerprint density at radius 1 is 1.03 bits per heavy atom. The highest BCUT2D eigenvalue weighted by atomic mass is 32.2. The summed E-state index contributed by atoms with van der Waals surface area (Å²) in [6, 6.07) is 16.8. The molecule has 0 spiro atoms. The first-order valence-corrected chi connectivity index (χ1v) is 12.1. The fraction of sp³-hybridized carbons (Fsp3) is 0.435. The molecule has 2 aromatic rings. The van der Waals surface area contributed by atoms with Crippen LogP contribution in [0.1, 0.15) is 44.4 Å². The van der Waals surface area contributed by atoms with Gasteiger partial charge in [0.1, 0.15) is 5.60 Å². The van der Waals surface area contributed by atoms with Crippen molar-refractivity contribution in [1.82, 2.24) is 15.4 Å². The summed E-state index contributed by atoms with van der Waals surface area (Å²) in [6.45, 7) is 8.77. The molecule has 1 unspecified atom stereocenters. The monoisotopic (exact) mass is 446 g/mol. The van der Waals surface area contributed by atoms with Gasteiger partial charge in [0.05, 0.1) is 18.8 Å². The van der Waals surface area contributed by atoms with E-state index in [1.807, 2.05) is 61.5 Å². The molecule has 0 fully saturated rings. The summed E-state index contributed by atoms with van der Waals surface area (Å²) in [5.41, 5.74) is 1.49. The third kappa shape index (κ3) is 8.69. The van der Waals surface area contributed by atoms with Crippen LogP contribution < -0.4 is 15.4 Å². The van der Waals surface area contributed by atoms with Crippen LogP contribution in [0.5, 0.6) is 0 Å². The molecule has 2 aromatic carbocycles. The zero-order valence-electron chi connectivity index (χ0n) is 18.7. The Bertz CT molecular complexity index is 941. The molecule has 0 heterocycles. The van der Waals surface area contributed by atoms with Crippen LogP contribution in [0.3, 0.4) is 0 Å². The first-order valence-electron chi connectivity index (χ1n) is 10.5.